The molecule has 7 heteroatoms. The number of rotatable bonds is 7. The molecule has 0 aliphatic heterocycles. The number of sulfonamides is 1. The zero-order chi connectivity index (χ0) is 19.3. The summed E-state index contributed by atoms with van der Waals surface area (Å²) in [6.07, 6.45) is 0. The van der Waals surface area contributed by atoms with Crippen LogP contribution in [0.5, 0.6) is 0 Å². The summed E-state index contributed by atoms with van der Waals surface area (Å²) < 4.78 is 27.4. The highest BCUT2D eigenvalue weighted by molar-refractivity contribution is 7.92. The van der Waals surface area contributed by atoms with Gasteiger partial charge in [0.05, 0.1) is 15.6 Å². The van der Waals surface area contributed by atoms with Gasteiger partial charge >= 0.3 is 0 Å². The molecule has 2 rings (SSSR count). The second kappa shape index (κ2) is 8.56. The Kier molecular flexibility index (Phi) is 6.67. The Morgan fingerprint density at radius 2 is 1.73 bits per heavy atom. The van der Waals surface area contributed by atoms with E-state index in [-0.39, 0.29) is 34.0 Å². The van der Waals surface area contributed by atoms with E-state index in [0.717, 1.165) is 9.87 Å². The zero-order valence-electron chi connectivity index (χ0n) is 15.1. The summed E-state index contributed by atoms with van der Waals surface area (Å²) >= 11 is 6.21. The van der Waals surface area contributed by atoms with Crippen LogP contribution in [0.1, 0.15) is 19.4 Å². The first-order valence-corrected chi connectivity index (χ1v) is 10.1. The number of aryl methyl sites for hydroxylation is 1. The van der Waals surface area contributed by atoms with E-state index in [1.165, 1.54) is 12.1 Å². The van der Waals surface area contributed by atoms with Gasteiger partial charge in [-0.3, -0.25) is 9.10 Å². The van der Waals surface area contributed by atoms with Gasteiger partial charge in [-0.05, 0) is 37.1 Å². The number of carbonyl (C=O) groups is 1. The van der Waals surface area contributed by atoms with Gasteiger partial charge in [0.2, 0.25) is 5.91 Å². The number of carbonyl (C=O) groups excluding carboxylic acids is 1. The van der Waals surface area contributed by atoms with E-state index in [0.29, 0.717) is 6.54 Å². The number of hydrogen-bond acceptors (Lipinski definition) is 3. The number of nitrogens with one attached hydrogen (secondary N) is 1. The van der Waals surface area contributed by atoms with Gasteiger partial charge in [0.1, 0.15) is 6.54 Å². The van der Waals surface area contributed by atoms with Crippen LogP contribution in [0.25, 0.3) is 0 Å². The molecule has 0 aliphatic carbocycles. The molecule has 5 nitrogen and oxygen atoms in total. The van der Waals surface area contributed by atoms with E-state index in [1.807, 2.05) is 20.8 Å². The average Bonchev–Trinajstić information content (AvgIpc) is 2.59. The molecule has 0 spiro atoms. The van der Waals surface area contributed by atoms with Gasteiger partial charge in [0.25, 0.3) is 10.0 Å². The normalized spacial score (nSPS) is 11.4. The molecular formula is C19H23ClN2O3S. The van der Waals surface area contributed by atoms with Crippen molar-refractivity contribution in [2.45, 2.75) is 25.7 Å². The molecule has 140 valence electrons. The molecule has 0 aliphatic rings. The van der Waals surface area contributed by atoms with Crippen LogP contribution >= 0.6 is 11.6 Å². The third-order valence-corrected chi connectivity index (χ3v) is 5.82. The fraction of sp³-hybridized carbons (Fsp3) is 0.316. The smallest absolute Gasteiger partial charge is 0.264 e. The number of hydrogen-bond donors (Lipinski definition) is 1. The minimum atomic E-state index is -3.94. The molecule has 0 fully saturated rings. The molecular weight excluding hydrogens is 372 g/mol. The fourth-order valence-corrected chi connectivity index (χ4v) is 4.02. The molecule has 2 aromatic carbocycles. The van der Waals surface area contributed by atoms with E-state index in [4.69, 9.17) is 11.6 Å². The second-order valence-corrected chi connectivity index (χ2v) is 8.74. The van der Waals surface area contributed by atoms with Crippen molar-refractivity contribution in [1.29, 1.82) is 0 Å². The predicted octanol–water partition coefficient (Wildman–Crippen LogP) is 3.62. The van der Waals surface area contributed by atoms with Crippen LogP contribution in [-0.2, 0) is 14.8 Å². The second-order valence-electron chi connectivity index (χ2n) is 6.47. The molecule has 0 saturated heterocycles. The van der Waals surface area contributed by atoms with Gasteiger partial charge in [-0.1, -0.05) is 55.3 Å². The molecule has 2 aromatic rings. The van der Waals surface area contributed by atoms with E-state index in [1.54, 1.807) is 36.4 Å². The average molecular weight is 395 g/mol. The maximum atomic E-state index is 13.2. The van der Waals surface area contributed by atoms with Crippen LogP contribution in [0, 0.1) is 12.8 Å². The van der Waals surface area contributed by atoms with Crippen molar-refractivity contribution in [3.8, 4) is 0 Å². The maximum Gasteiger partial charge on any atom is 0.264 e. The van der Waals surface area contributed by atoms with Crippen molar-refractivity contribution < 1.29 is 13.2 Å². The van der Waals surface area contributed by atoms with Gasteiger partial charge in [-0.2, -0.15) is 0 Å². The topological polar surface area (TPSA) is 66.5 Å². The molecule has 0 saturated carbocycles. The van der Waals surface area contributed by atoms with Gasteiger partial charge < -0.3 is 5.32 Å². The molecule has 1 N–H and O–H groups in total. The van der Waals surface area contributed by atoms with E-state index in [2.05, 4.69) is 5.32 Å². The molecule has 0 unspecified atom stereocenters. The summed E-state index contributed by atoms with van der Waals surface area (Å²) in [5.41, 5.74) is 1.22. The Balaban J connectivity index is 2.41. The first kappa shape index (κ1) is 20.3. The van der Waals surface area contributed by atoms with Gasteiger partial charge in [0, 0.05) is 6.54 Å². The molecule has 1 amide bonds. The van der Waals surface area contributed by atoms with Crippen molar-refractivity contribution in [3.05, 3.63) is 59.1 Å². The Bertz CT molecular complexity index is 865. The minimum Gasteiger partial charge on any atom is -0.354 e. The Hall–Kier alpha value is -2.05. The van der Waals surface area contributed by atoms with Crippen molar-refractivity contribution in [3.63, 3.8) is 0 Å². The lowest BCUT2D eigenvalue weighted by molar-refractivity contribution is -0.119. The third-order valence-electron chi connectivity index (χ3n) is 3.72. The van der Waals surface area contributed by atoms with Crippen molar-refractivity contribution in [2.24, 2.45) is 5.92 Å². The summed E-state index contributed by atoms with van der Waals surface area (Å²) in [7, 11) is -3.94. The first-order chi connectivity index (χ1) is 12.2. The number of benzene rings is 2. The number of para-hydroxylation sites is 1. The molecule has 26 heavy (non-hydrogen) atoms. The standard InChI is InChI=1S/C19H23ClN2O3S/c1-14(2)12-21-19(23)13-22(18-7-5-4-6-17(18)20)26(24,25)16-10-8-15(3)9-11-16/h4-11,14H,12-13H2,1-3H3,(H,21,23). The zero-order valence-corrected chi connectivity index (χ0v) is 16.6. The molecule has 0 heterocycles. The quantitative estimate of drug-likeness (QED) is 0.779. The summed E-state index contributed by atoms with van der Waals surface area (Å²) in [4.78, 5) is 12.4. The fourth-order valence-electron chi connectivity index (χ4n) is 2.30. The number of halogens is 1. The monoisotopic (exact) mass is 394 g/mol. The van der Waals surface area contributed by atoms with Crippen LogP contribution in [0.3, 0.4) is 0 Å². The minimum absolute atomic E-state index is 0.111. The molecule has 0 atom stereocenters. The Morgan fingerprint density at radius 3 is 2.31 bits per heavy atom. The first-order valence-electron chi connectivity index (χ1n) is 8.32. The van der Waals surface area contributed by atoms with Gasteiger partial charge in [-0.25, -0.2) is 8.42 Å². The van der Waals surface area contributed by atoms with Crippen LogP contribution < -0.4 is 9.62 Å². The third kappa shape index (κ3) is 4.99. The predicted molar refractivity (Wildman–Crippen MR) is 105 cm³/mol. The Labute approximate surface area is 160 Å². The number of amides is 1. The number of nitrogens with zero attached hydrogens (tertiary/aromatic N) is 1. The van der Waals surface area contributed by atoms with Crippen molar-refractivity contribution in [2.75, 3.05) is 17.4 Å². The Morgan fingerprint density at radius 1 is 1.12 bits per heavy atom. The summed E-state index contributed by atoms with van der Waals surface area (Å²) in [6.45, 7) is 5.94. The summed E-state index contributed by atoms with van der Waals surface area (Å²) in [5.74, 6) is -0.115. The lowest BCUT2D eigenvalue weighted by atomic mass is 10.2. The van der Waals surface area contributed by atoms with Crippen LogP contribution in [0.4, 0.5) is 5.69 Å². The van der Waals surface area contributed by atoms with Crippen molar-refractivity contribution in [1.82, 2.24) is 5.32 Å². The lowest BCUT2D eigenvalue weighted by Gasteiger charge is -2.25. The van der Waals surface area contributed by atoms with E-state index in [9.17, 15) is 13.2 Å². The highest BCUT2D eigenvalue weighted by atomic mass is 35.5. The SMILES string of the molecule is Cc1ccc(S(=O)(=O)N(CC(=O)NCC(C)C)c2ccccc2Cl)cc1. The van der Waals surface area contributed by atoms with Crippen LogP contribution in [-0.4, -0.2) is 27.4 Å². The highest BCUT2D eigenvalue weighted by Crippen LogP contribution is 2.30. The maximum absolute atomic E-state index is 13.2. The highest BCUT2D eigenvalue weighted by Gasteiger charge is 2.28. The molecule has 0 radical (unpaired) electrons. The molecule has 0 bridgehead atoms. The number of anilines is 1. The lowest BCUT2D eigenvalue weighted by Crippen LogP contribution is -2.41. The largest absolute Gasteiger partial charge is 0.354 e. The van der Waals surface area contributed by atoms with Gasteiger partial charge in [-0.15, -0.1) is 0 Å². The van der Waals surface area contributed by atoms with E-state index < -0.39 is 10.0 Å². The van der Waals surface area contributed by atoms with Crippen LogP contribution in [0.2, 0.25) is 5.02 Å². The van der Waals surface area contributed by atoms with E-state index >= 15 is 0 Å². The van der Waals surface area contributed by atoms with Gasteiger partial charge in [0.15, 0.2) is 0 Å². The summed E-state index contributed by atoms with van der Waals surface area (Å²) in [5, 5.41) is 3.01. The van der Waals surface area contributed by atoms with Crippen LogP contribution in [0.15, 0.2) is 53.4 Å². The van der Waals surface area contributed by atoms with Crippen molar-refractivity contribution >= 4 is 33.2 Å². The summed E-state index contributed by atoms with van der Waals surface area (Å²) in [6, 6.07) is 13.1. The molecule has 0 aromatic heterocycles.